The number of allylic oxidation sites excluding steroid dienone is 2. The molecule has 4 aliphatic carbocycles. The predicted octanol–water partition coefficient (Wildman–Crippen LogP) is 4.55. The minimum atomic E-state index is -0.208. The van der Waals surface area contributed by atoms with Crippen molar-refractivity contribution in [3.05, 3.63) is 63.4 Å². The molecule has 6 atom stereocenters. The molecule has 1 saturated heterocycles. The minimum absolute atomic E-state index is 0.118. The van der Waals surface area contributed by atoms with Gasteiger partial charge in [0.1, 0.15) is 0 Å². The van der Waals surface area contributed by atoms with E-state index in [2.05, 4.69) is 69.8 Å². The van der Waals surface area contributed by atoms with Gasteiger partial charge in [0.15, 0.2) is 0 Å². The van der Waals surface area contributed by atoms with Crippen molar-refractivity contribution in [2.24, 2.45) is 40.6 Å². The standard InChI is InChI=1S/C25H24BrN3O2/c1-12-4-5-16(9-21(12)26)28-13(2)8-15(14(28)3)11-27-29-24(30)22-17-6-7-18(20-10-19(17)20)23(22)25(29)31/h4-9,11,17-20,22-23H,10H2,1-3H3/b27-11-/t17-,18-,19-,20+,22-,23+/m0/s1. The third-order valence-corrected chi connectivity index (χ3v) is 8.69. The number of carbonyl (C=O) groups excluding carboxylic acids is 2. The number of nitrogens with zero attached hydrogens (tertiary/aromatic N) is 3. The average Bonchev–Trinajstić information content (AvgIpc) is 3.47. The summed E-state index contributed by atoms with van der Waals surface area (Å²) in [7, 11) is 0. The highest BCUT2D eigenvalue weighted by Gasteiger charge is 2.67. The Hall–Kier alpha value is -2.47. The fourth-order valence-corrected chi connectivity index (χ4v) is 6.58. The molecule has 2 heterocycles. The number of hydrazone groups is 1. The first-order valence-corrected chi connectivity index (χ1v) is 11.7. The molecule has 5 aliphatic rings. The van der Waals surface area contributed by atoms with E-state index in [0.717, 1.165) is 32.1 Å². The summed E-state index contributed by atoms with van der Waals surface area (Å²) in [6.07, 6.45) is 7.21. The van der Waals surface area contributed by atoms with Crippen molar-refractivity contribution in [1.29, 1.82) is 0 Å². The van der Waals surface area contributed by atoms with Gasteiger partial charge in [0.05, 0.1) is 18.1 Å². The number of halogens is 1. The Morgan fingerprint density at radius 1 is 1.00 bits per heavy atom. The Labute approximate surface area is 189 Å². The lowest BCUT2D eigenvalue weighted by molar-refractivity contribution is -0.140. The van der Waals surface area contributed by atoms with Crippen molar-refractivity contribution in [3.63, 3.8) is 0 Å². The van der Waals surface area contributed by atoms with Crippen LogP contribution < -0.4 is 0 Å². The molecule has 0 spiro atoms. The van der Waals surface area contributed by atoms with Crippen molar-refractivity contribution in [2.45, 2.75) is 27.2 Å². The molecule has 7 rings (SSSR count). The zero-order chi connectivity index (χ0) is 21.6. The number of benzene rings is 1. The first kappa shape index (κ1) is 19.2. The number of hydrogen-bond donors (Lipinski definition) is 0. The van der Waals surface area contributed by atoms with Gasteiger partial charge in [0.25, 0.3) is 11.8 Å². The molecule has 1 aromatic carbocycles. The van der Waals surface area contributed by atoms with Crippen LogP contribution in [0.4, 0.5) is 0 Å². The number of carbonyl (C=O) groups is 2. The van der Waals surface area contributed by atoms with Crippen LogP contribution in [0.5, 0.6) is 0 Å². The van der Waals surface area contributed by atoms with E-state index in [1.54, 1.807) is 6.21 Å². The Bertz CT molecular complexity index is 1170. The average molecular weight is 478 g/mol. The van der Waals surface area contributed by atoms with Crippen LogP contribution in [-0.2, 0) is 9.59 Å². The van der Waals surface area contributed by atoms with Crippen LogP contribution in [0.3, 0.4) is 0 Å². The second kappa shape index (κ2) is 6.52. The maximum atomic E-state index is 13.1. The summed E-state index contributed by atoms with van der Waals surface area (Å²) in [5, 5.41) is 5.57. The molecular formula is C25H24BrN3O2. The predicted molar refractivity (Wildman–Crippen MR) is 122 cm³/mol. The molecule has 2 saturated carbocycles. The normalized spacial score (nSPS) is 32.8. The van der Waals surface area contributed by atoms with E-state index in [1.807, 2.05) is 13.0 Å². The van der Waals surface area contributed by atoms with E-state index in [1.165, 1.54) is 12.0 Å². The number of imide groups is 1. The van der Waals surface area contributed by atoms with Gasteiger partial charge in [0, 0.05) is 27.1 Å². The largest absolute Gasteiger partial charge is 0.318 e. The van der Waals surface area contributed by atoms with Gasteiger partial charge in [-0.1, -0.05) is 34.1 Å². The number of aromatic nitrogens is 1. The lowest BCUT2D eigenvalue weighted by Crippen LogP contribution is -2.40. The molecule has 0 radical (unpaired) electrons. The molecule has 158 valence electrons. The smallest absolute Gasteiger partial charge is 0.254 e. The molecule has 2 bridgehead atoms. The zero-order valence-electron chi connectivity index (χ0n) is 17.7. The number of rotatable bonds is 3. The summed E-state index contributed by atoms with van der Waals surface area (Å²) in [5.74, 6) is 0.999. The molecule has 2 aromatic rings. The molecule has 3 fully saturated rings. The zero-order valence-corrected chi connectivity index (χ0v) is 19.3. The van der Waals surface area contributed by atoms with Crippen LogP contribution in [0.1, 0.15) is 28.9 Å². The molecule has 2 amide bonds. The Morgan fingerprint density at radius 3 is 2.26 bits per heavy atom. The highest BCUT2D eigenvalue weighted by molar-refractivity contribution is 9.10. The second-order valence-corrected chi connectivity index (χ2v) is 10.3. The van der Waals surface area contributed by atoms with Crippen LogP contribution in [0.25, 0.3) is 5.69 Å². The van der Waals surface area contributed by atoms with Crippen molar-refractivity contribution in [1.82, 2.24) is 9.58 Å². The van der Waals surface area contributed by atoms with E-state index in [0.29, 0.717) is 11.8 Å². The molecule has 6 heteroatoms. The van der Waals surface area contributed by atoms with E-state index in [9.17, 15) is 9.59 Å². The first-order chi connectivity index (χ1) is 14.9. The highest BCUT2D eigenvalue weighted by atomic mass is 79.9. The maximum Gasteiger partial charge on any atom is 0.254 e. The van der Waals surface area contributed by atoms with Gasteiger partial charge < -0.3 is 4.57 Å². The summed E-state index contributed by atoms with van der Waals surface area (Å²) in [6, 6.07) is 8.32. The minimum Gasteiger partial charge on any atom is -0.318 e. The van der Waals surface area contributed by atoms with Gasteiger partial charge in [-0.05, 0) is 74.6 Å². The summed E-state index contributed by atoms with van der Waals surface area (Å²) < 4.78 is 3.22. The van der Waals surface area contributed by atoms with Gasteiger partial charge in [0.2, 0.25) is 0 Å². The topological polar surface area (TPSA) is 54.7 Å². The number of amides is 2. The van der Waals surface area contributed by atoms with E-state index >= 15 is 0 Å². The lowest BCUT2D eigenvalue weighted by atomic mass is 9.63. The highest BCUT2D eigenvalue weighted by Crippen LogP contribution is 2.65. The fraction of sp³-hybridized carbons (Fsp3) is 0.400. The molecule has 31 heavy (non-hydrogen) atoms. The van der Waals surface area contributed by atoms with E-state index < -0.39 is 0 Å². The Morgan fingerprint density at radius 2 is 1.65 bits per heavy atom. The molecule has 0 N–H and O–H groups in total. The molecule has 5 nitrogen and oxygen atoms in total. The fourth-order valence-electron chi connectivity index (χ4n) is 6.21. The second-order valence-electron chi connectivity index (χ2n) is 9.48. The third kappa shape index (κ3) is 2.63. The summed E-state index contributed by atoms with van der Waals surface area (Å²) >= 11 is 3.61. The Kier molecular flexibility index (Phi) is 4.04. The first-order valence-electron chi connectivity index (χ1n) is 10.9. The molecule has 1 aliphatic heterocycles. The molecule has 0 unspecified atom stereocenters. The van der Waals surface area contributed by atoms with Gasteiger partial charge in [-0.2, -0.15) is 10.1 Å². The SMILES string of the molecule is Cc1ccc(-n2c(C)cc(/C=N\N3C(=O)[C@@H]4[C@H]5C=C[C@@H]([C@@H]6C[C@H]56)[C@@H]4C3=O)c2C)cc1Br. The van der Waals surface area contributed by atoms with Gasteiger partial charge >= 0.3 is 0 Å². The van der Waals surface area contributed by atoms with Crippen LogP contribution in [0.15, 0.2) is 46.0 Å². The number of aryl methyl sites for hydroxylation is 2. The summed E-state index contributed by atoms with van der Waals surface area (Å²) in [6.45, 7) is 6.15. The van der Waals surface area contributed by atoms with E-state index in [4.69, 9.17) is 0 Å². The quantitative estimate of drug-likeness (QED) is 0.369. The van der Waals surface area contributed by atoms with Crippen molar-refractivity contribution in [2.75, 3.05) is 0 Å². The Balaban J connectivity index is 1.30. The van der Waals surface area contributed by atoms with Crippen molar-refractivity contribution >= 4 is 34.0 Å². The van der Waals surface area contributed by atoms with Crippen LogP contribution in [0.2, 0.25) is 0 Å². The van der Waals surface area contributed by atoms with Crippen molar-refractivity contribution < 1.29 is 9.59 Å². The lowest BCUT2D eigenvalue weighted by Gasteiger charge is -2.37. The van der Waals surface area contributed by atoms with Gasteiger partial charge in [-0.15, -0.1) is 0 Å². The monoisotopic (exact) mass is 477 g/mol. The molecule has 1 aromatic heterocycles. The number of hydrogen-bond acceptors (Lipinski definition) is 3. The van der Waals surface area contributed by atoms with Crippen LogP contribution in [0, 0.1) is 56.3 Å². The van der Waals surface area contributed by atoms with Crippen LogP contribution >= 0.6 is 15.9 Å². The van der Waals surface area contributed by atoms with Crippen molar-refractivity contribution in [3.8, 4) is 5.69 Å². The van der Waals surface area contributed by atoms with Crippen LogP contribution in [-0.4, -0.2) is 27.6 Å². The van der Waals surface area contributed by atoms with Gasteiger partial charge in [-0.3, -0.25) is 9.59 Å². The van der Waals surface area contributed by atoms with Gasteiger partial charge in [-0.25, -0.2) is 0 Å². The summed E-state index contributed by atoms with van der Waals surface area (Å²) in [5.41, 5.74) is 5.25. The molecular weight excluding hydrogens is 454 g/mol. The summed E-state index contributed by atoms with van der Waals surface area (Å²) in [4.78, 5) is 26.2. The third-order valence-electron chi connectivity index (χ3n) is 7.84. The maximum absolute atomic E-state index is 13.1. The van der Waals surface area contributed by atoms with E-state index in [-0.39, 0.29) is 35.5 Å².